The van der Waals surface area contributed by atoms with Crippen molar-refractivity contribution >= 4 is 11.3 Å². The van der Waals surface area contributed by atoms with E-state index in [-0.39, 0.29) is 0 Å². The number of nitrogens with zero attached hydrogens (tertiary/aromatic N) is 1. The Bertz CT molecular complexity index is 511. The number of aromatic nitrogens is 1. The van der Waals surface area contributed by atoms with Gasteiger partial charge in [-0.05, 0) is 49.9 Å². The Balaban J connectivity index is 2.31. The maximum atomic E-state index is 4.52. The first kappa shape index (κ1) is 11.3. The molecule has 0 spiro atoms. The summed E-state index contributed by atoms with van der Waals surface area (Å²) in [4.78, 5) is 4.52. The van der Waals surface area contributed by atoms with Gasteiger partial charge >= 0.3 is 0 Å². The summed E-state index contributed by atoms with van der Waals surface area (Å²) in [5, 5.41) is 3.33. The van der Waals surface area contributed by atoms with Gasteiger partial charge in [-0.25, -0.2) is 4.98 Å². The number of hydrogen-bond acceptors (Lipinski definition) is 2. The summed E-state index contributed by atoms with van der Waals surface area (Å²) in [6, 6.07) is 4.56. The first-order valence-electron chi connectivity index (χ1n) is 5.54. The van der Waals surface area contributed by atoms with Gasteiger partial charge in [0, 0.05) is 17.5 Å². The Hall–Kier alpha value is -1.15. The SMILES string of the molecule is Cc1csc(Cc2cc(C)c(C)cc2C)n1. The van der Waals surface area contributed by atoms with Crippen LogP contribution in [0, 0.1) is 27.7 Å². The van der Waals surface area contributed by atoms with Crippen LogP contribution in [-0.2, 0) is 6.42 Å². The molecule has 1 nitrogen and oxygen atoms in total. The molecule has 0 aliphatic carbocycles. The zero-order valence-corrected chi connectivity index (χ0v) is 11.1. The molecule has 0 aliphatic heterocycles. The maximum Gasteiger partial charge on any atom is 0.0972 e. The number of benzene rings is 1. The summed E-state index contributed by atoms with van der Waals surface area (Å²) in [7, 11) is 0. The fourth-order valence-corrected chi connectivity index (χ4v) is 2.65. The van der Waals surface area contributed by atoms with Crippen LogP contribution in [0.1, 0.15) is 33.0 Å². The van der Waals surface area contributed by atoms with Crippen molar-refractivity contribution in [3.05, 3.63) is 50.5 Å². The predicted octanol–water partition coefficient (Wildman–Crippen LogP) is 3.97. The molecule has 0 saturated heterocycles. The van der Waals surface area contributed by atoms with E-state index in [0.717, 1.165) is 12.1 Å². The highest BCUT2D eigenvalue weighted by Gasteiger charge is 2.05. The zero-order valence-electron chi connectivity index (χ0n) is 10.3. The average Bonchev–Trinajstić information content (AvgIpc) is 2.60. The molecule has 1 aromatic carbocycles. The second kappa shape index (κ2) is 4.38. The molecule has 1 heterocycles. The van der Waals surface area contributed by atoms with Crippen molar-refractivity contribution in [2.45, 2.75) is 34.1 Å². The molecule has 1 aromatic heterocycles. The fourth-order valence-electron chi connectivity index (χ4n) is 1.86. The van der Waals surface area contributed by atoms with E-state index in [4.69, 9.17) is 0 Å². The molecular weight excluding hydrogens is 214 g/mol. The van der Waals surface area contributed by atoms with Crippen LogP contribution in [-0.4, -0.2) is 4.98 Å². The molecule has 2 aromatic rings. The molecule has 84 valence electrons. The van der Waals surface area contributed by atoms with Crippen LogP contribution in [0.3, 0.4) is 0 Å². The highest BCUT2D eigenvalue weighted by atomic mass is 32.1. The van der Waals surface area contributed by atoms with E-state index in [1.165, 1.54) is 27.3 Å². The third-order valence-corrected chi connectivity index (χ3v) is 3.93. The number of hydrogen-bond donors (Lipinski definition) is 0. The molecule has 0 amide bonds. The van der Waals surface area contributed by atoms with Crippen LogP contribution in [0.15, 0.2) is 17.5 Å². The third kappa shape index (κ3) is 2.33. The van der Waals surface area contributed by atoms with E-state index in [1.807, 2.05) is 6.92 Å². The van der Waals surface area contributed by atoms with E-state index in [2.05, 4.69) is 43.3 Å². The Labute approximate surface area is 101 Å². The summed E-state index contributed by atoms with van der Waals surface area (Å²) < 4.78 is 0. The molecule has 16 heavy (non-hydrogen) atoms. The standard InChI is InChI=1S/C14H17NS/c1-9-5-11(3)13(6-10(9)2)7-14-15-12(4)8-16-14/h5-6,8H,7H2,1-4H3. The van der Waals surface area contributed by atoms with Crippen LogP contribution in [0.2, 0.25) is 0 Å². The van der Waals surface area contributed by atoms with Gasteiger partial charge in [0.2, 0.25) is 0 Å². The van der Waals surface area contributed by atoms with Crippen molar-refractivity contribution in [3.63, 3.8) is 0 Å². The van der Waals surface area contributed by atoms with E-state index in [1.54, 1.807) is 11.3 Å². The lowest BCUT2D eigenvalue weighted by molar-refractivity contribution is 1.08. The van der Waals surface area contributed by atoms with Crippen LogP contribution in [0.5, 0.6) is 0 Å². The molecule has 0 fully saturated rings. The Morgan fingerprint density at radius 3 is 2.31 bits per heavy atom. The zero-order chi connectivity index (χ0) is 11.7. The van der Waals surface area contributed by atoms with Gasteiger partial charge in [-0.15, -0.1) is 11.3 Å². The van der Waals surface area contributed by atoms with Gasteiger partial charge < -0.3 is 0 Å². The lowest BCUT2D eigenvalue weighted by Gasteiger charge is -2.08. The Kier molecular flexibility index (Phi) is 3.10. The van der Waals surface area contributed by atoms with Gasteiger partial charge in [0.15, 0.2) is 0 Å². The molecule has 0 unspecified atom stereocenters. The molecule has 0 N–H and O–H groups in total. The van der Waals surface area contributed by atoms with Gasteiger partial charge in [-0.3, -0.25) is 0 Å². The van der Waals surface area contributed by atoms with Crippen molar-refractivity contribution in [1.82, 2.24) is 4.98 Å². The first-order valence-corrected chi connectivity index (χ1v) is 6.42. The molecule has 2 rings (SSSR count). The maximum absolute atomic E-state index is 4.52. The molecule has 0 aliphatic rings. The van der Waals surface area contributed by atoms with E-state index < -0.39 is 0 Å². The molecular formula is C14H17NS. The van der Waals surface area contributed by atoms with Gasteiger partial charge in [0.05, 0.1) is 5.01 Å². The average molecular weight is 231 g/mol. The summed E-state index contributed by atoms with van der Waals surface area (Å²) in [5.74, 6) is 0. The number of aryl methyl sites for hydroxylation is 4. The second-order valence-electron chi connectivity index (χ2n) is 4.42. The largest absolute Gasteiger partial charge is 0.246 e. The minimum atomic E-state index is 0.964. The monoisotopic (exact) mass is 231 g/mol. The minimum absolute atomic E-state index is 0.964. The van der Waals surface area contributed by atoms with Crippen LogP contribution in [0.25, 0.3) is 0 Å². The van der Waals surface area contributed by atoms with Crippen molar-refractivity contribution in [2.75, 3.05) is 0 Å². The number of rotatable bonds is 2. The Morgan fingerprint density at radius 2 is 1.69 bits per heavy atom. The first-order chi connectivity index (χ1) is 7.56. The highest BCUT2D eigenvalue weighted by Crippen LogP contribution is 2.20. The van der Waals surface area contributed by atoms with Crippen LogP contribution >= 0.6 is 11.3 Å². The second-order valence-corrected chi connectivity index (χ2v) is 5.37. The van der Waals surface area contributed by atoms with Crippen LogP contribution in [0.4, 0.5) is 0 Å². The van der Waals surface area contributed by atoms with Gasteiger partial charge in [-0.1, -0.05) is 12.1 Å². The van der Waals surface area contributed by atoms with Crippen molar-refractivity contribution in [3.8, 4) is 0 Å². The lowest BCUT2D eigenvalue weighted by atomic mass is 9.99. The van der Waals surface area contributed by atoms with E-state index in [0.29, 0.717) is 0 Å². The van der Waals surface area contributed by atoms with Gasteiger partial charge in [0.1, 0.15) is 0 Å². The van der Waals surface area contributed by atoms with E-state index in [9.17, 15) is 0 Å². The molecule has 0 saturated carbocycles. The fraction of sp³-hybridized carbons (Fsp3) is 0.357. The molecule has 0 radical (unpaired) electrons. The Morgan fingerprint density at radius 1 is 1.00 bits per heavy atom. The van der Waals surface area contributed by atoms with Gasteiger partial charge in [0.25, 0.3) is 0 Å². The topological polar surface area (TPSA) is 12.9 Å². The summed E-state index contributed by atoms with van der Waals surface area (Å²) in [6.07, 6.45) is 0.964. The van der Waals surface area contributed by atoms with Crippen LogP contribution < -0.4 is 0 Å². The van der Waals surface area contributed by atoms with Crippen molar-refractivity contribution < 1.29 is 0 Å². The summed E-state index contributed by atoms with van der Waals surface area (Å²) in [6.45, 7) is 8.57. The highest BCUT2D eigenvalue weighted by molar-refractivity contribution is 7.09. The quantitative estimate of drug-likeness (QED) is 0.762. The minimum Gasteiger partial charge on any atom is -0.246 e. The van der Waals surface area contributed by atoms with Crippen molar-refractivity contribution in [1.29, 1.82) is 0 Å². The van der Waals surface area contributed by atoms with E-state index >= 15 is 0 Å². The normalized spacial score (nSPS) is 10.8. The molecule has 0 bridgehead atoms. The predicted molar refractivity (Wildman–Crippen MR) is 70.3 cm³/mol. The van der Waals surface area contributed by atoms with Crippen molar-refractivity contribution in [2.24, 2.45) is 0 Å². The van der Waals surface area contributed by atoms with Gasteiger partial charge in [-0.2, -0.15) is 0 Å². The number of thiazole rings is 1. The summed E-state index contributed by atoms with van der Waals surface area (Å²) in [5.41, 5.74) is 6.64. The lowest BCUT2D eigenvalue weighted by Crippen LogP contribution is -1.94. The third-order valence-electron chi connectivity index (χ3n) is 2.96. The summed E-state index contributed by atoms with van der Waals surface area (Å²) >= 11 is 1.75. The molecule has 0 atom stereocenters. The molecule has 2 heteroatoms. The smallest absolute Gasteiger partial charge is 0.0972 e.